The predicted molar refractivity (Wildman–Crippen MR) is 100 cm³/mol. The molecule has 1 aromatic heterocycles. The summed E-state index contributed by atoms with van der Waals surface area (Å²) < 4.78 is 7.52. The van der Waals surface area contributed by atoms with E-state index in [0.29, 0.717) is 24.6 Å². The lowest BCUT2D eigenvalue weighted by Crippen LogP contribution is -2.28. The van der Waals surface area contributed by atoms with Crippen LogP contribution in [0.2, 0.25) is 5.02 Å². The molecule has 0 saturated carbocycles. The van der Waals surface area contributed by atoms with Crippen LogP contribution in [0.4, 0.5) is 0 Å². The van der Waals surface area contributed by atoms with Crippen molar-refractivity contribution in [2.75, 3.05) is 20.2 Å². The van der Waals surface area contributed by atoms with Gasteiger partial charge in [0, 0.05) is 37.8 Å². The summed E-state index contributed by atoms with van der Waals surface area (Å²) in [6.45, 7) is 5.28. The summed E-state index contributed by atoms with van der Waals surface area (Å²) in [7, 11) is 3.77. The van der Waals surface area contributed by atoms with Gasteiger partial charge in [-0.2, -0.15) is 5.10 Å². The van der Waals surface area contributed by atoms with Crippen LogP contribution in [0.3, 0.4) is 0 Å². The Kier molecular flexibility index (Phi) is 6.88. The van der Waals surface area contributed by atoms with Crippen LogP contribution in [0.1, 0.15) is 29.8 Å². The molecule has 1 heterocycles. The van der Waals surface area contributed by atoms with Gasteiger partial charge in [-0.15, -0.1) is 0 Å². The van der Waals surface area contributed by atoms with E-state index in [-0.39, 0.29) is 5.91 Å². The zero-order valence-corrected chi connectivity index (χ0v) is 16.1. The second-order valence-corrected chi connectivity index (χ2v) is 6.68. The second-order valence-electron chi connectivity index (χ2n) is 6.24. The Hall–Kier alpha value is -2.01. The van der Waals surface area contributed by atoms with E-state index in [2.05, 4.69) is 5.10 Å². The molecule has 0 fully saturated rings. The summed E-state index contributed by atoms with van der Waals surface area (Å²) in [5.41, 5.74) is 3.31. The van der Waals surface area contributed by atoms with Crippen molar-refractivity contribution in [3.05, 3.63) is 46.2 Å². The fraction of sp³-hybridized carbons (Fsp3) is 0.474. The molecule has 0 unspecified atom stereocenters. The third-order valence-corrected chi connectivity index (χ3v) is 4.65. The normalized spacial score (nSPS) is 10.8. The third-order valence-electron chi connectivity index (χ3n) is 4.39. The van der Waals surface area contributed by atoms with Crippen LogP contribution in [0, 0.1) is 13.8 Å². The molecule has 6 heteroatoms. The first kappa shape index (κ1) is 19.3. The summed E-state index contributed by atoms with van der Waals surface area (Å²) in [5.74, 6) is 0.940. The lowest BCUT2D eigenvalue weighted by atomic mass is 10.1. The third kappa shape index (κ3) is 5.49. The molecular weight excluding hydrogens is 338 g/mol. The highest BCUT2D eigenvalue weighted by molar-refractivity contribution is 6.30. The largest absolute Gasteiger partial charge is 0.494 e. The number of carbonyl (C=O) groups is 1. The number of aromatic nitrogens is 2. The molecular formula is C19H26ClN3O2. The van der Waals surface area contributed by atoms with E-state index in [1.54, 1.807) is 17.0 Å². The molecule has 136 valence electrons. The first-order valence-electron chi connectivity index (χ1n) is 8.50. The minimum Gasteiger partial charge on any atom is -0.494 e. The van der Waals surface area contributed by atoms with E-state index >= 15 is 0 Å². The van der Waals surface area contributed by atoms with Crippen molar-refractivity contribution in [2.24, 2.45) is 7.05 Å². The lowest BCUT2D eigenvalue weighted by molar-refractivity contribution is -0.129. The minimum atomic E-state index is 0.147. The maximum atomic E-state index is 12.3. The molecule has 0 spiro atoms. The maximum absolute atomic E-state index is 12.3. The van der Waals surface area contributed by atoms with Crippen molar-refractivity contribution in [3.63, 3.8) is 0 Å². The van der Waals surface area contributed by atoms with Crippen molar-refractivity contribution >= 4 is 17.5 Å². The molecule has 5 nitrogen and oxygen atoms in total. The van der Waals surface area contributed by atoms with Crippen LogP contribution in [-0.2, 0) is 18.3 Å². The Morgan fingerprint density at radius 3 is 2.56 bits per heavy atom. The molecule has 0 aliphatic heterocycles. The van der Waals surface area contributed by atoms with E-state index in [1.807, 2.05) is 44.8 Å². The van der Waals surface area contributed by atoms with Gasteiger partial charge in [0.1, 0.15) is 5.75 Å². The number of hydrogen-bond acceptors (Lipinski definition) is 3. The highest BCUT2D eigenvalue weighted by Gasteiger charge is 2.13. The van der Waals surface area contributed by atoms with Gasteiger partial charge in [0.25, 0.3) is 0 Å². The zero-order valence-electron chi connectivity index (χ0n) is 15.4. The molecule has 0 aliphatic rings. The SMILES string of the molecule is Cc1nn(C)c(C)c1CCC(=O)N(C)CCCOc1ccc(Cl)cc1. The van der Waals surface area contributed by atoms with E-state index in [9.17, 15) is 4.79 Å². The molecule has 2 rings (SSSR count). The highest BCUT2D eigenvalue weighted by atomic mass is 35.5. The zero-order chi connectivity index (χ0) is 18.4. The summed E-state index contributed by atoms with van der Waals surface area (Å²) in [6.07, 6.45) is 2.02. The lowest BCUT2D eigenvalue weighted by Gasteiger charge is -2.17. The highest BCUT2D eigenvalue weighted by Crippen LogP contribution is 2.16. The minimum absolute atomic E-state index is 0.147. The summed E-state index contributed by atoms with van der Waals surface area (Å²) >= 11 is 5.84. The number of rotatable bonds is 8. The van der Waals surface area contributed by atoms with Gasteiger partial charge in [-0.25, -0.2) is 0 Å². The van der Waals surface area contributed by atoms with Gasteiger partial charge in [-0.1, -0.05) is 11.6 Å². The number of amides is 1. The van der Waals surface area contributed by atoms with E-state index in [4.69, 9.17) is 16.3 Å². The monoisotopic (exact) mass is 363 g/mol. The molecule has 0 N–H and O–H groups in total. The van der Waals surface area contributed by atoms with Crippen molar-refractivity contribution < 1.29 is 9.53 Å². The van der Waals surface area contributed by atoms with E-state index < -0.39 is 0 Å². The number of carbonyl (C=O) groups excluding carboxylic acids is 1. The van der Waals surface area contributed by atoms with Gasteiger partial charge in [-0.3, -0.25) is 9.48 Å². The molecule has 2 aromatic rings. The molecule has 0 aliphatic carbocycles. The van der Waals surface area contributed by atoms with Crippen molar-refractivity contribution in [2.45, 2.75) is 33.1 Å². The topological polar surface area (TPSA) is 47.4 Å². The predicted octanol–water partition coefficient (Wildman–Crippen LogP) is 3.55. The van der Waals surface area contributed by atoms with Crippen LogP contribution in [0.15, 0.2) is 24.3 Å². The van der Waals surface area contributed by atoms with Crippen LogP contribution in [0.25, 0.3) is 0 Å². The first-order valence-corrected chi connectivity index (χ1v) is 8.87. The Bertz CT molecular complexity index is 710. The quantitative estimate of drug-likeness (QED) is 0.674. The second kappa shape index (κ2) is 8.90. The smallest absolute Gasteiger partial charge is 0.222 e. The van der Waals surface area contributed by atoms with Crippen LogP contribution in [0.5, 0.6) is 5.75 Å². The molecule has 0 saturated heterocycles. The molecule has 0 radical (unpaired) electrons. The number of aryl methyl sites for hydroxylation is 2. The Balaban J connectivity index is 1.70. The summed E-state index contributed by atoms with van der Waals surface area (Å²) in [4.78, 5) is 14.1. The van der Waals surface area contributed by atoms with Crippen molar-refractivity contribution in [3.8, 4) is 5.75 Å². The van der Waals surface area contributed by atoms with Gasteiger partial charge >= 0.3 is 0 Å². The van der Waals surface area contributed by atoms with E-state index in [0.717, 1.165) is 30.0 Å². The number of nitrogens with zero attached hydrogens (tertiary/aromatic N) is 3. The fourth-order valence-electron chi connectivity index (χ4n) is 2.75. The van der Waals surface area contributed by atoms with Crippen LogP contribution in [-0.4, -0.2) is 40.8 Å². The van der Waals surface area contributed by atoms with Gasteiger partial charge in [0.15, 0.2) is 0 Å². The standard InChI is InChI=1S/C19H26ClN3O2/c1-14-18(15(2)23(4)21-14)10-11-19(24)22(3)12-5-13-25-17-8-6-16(20)7-9-17/h6-9H,5,10-13H2,1-4H3. The number of benzene rings is 1. The van der Waals surface area contributed by atoms with Gasteiger partial charge in [0.2, 0.25) is 5.91 Å². The van der Waals surface area contributed by atoms with Crippen molar-refractivity contribution in [1.82, 2.24) is 14.7 Å². The van der Waals surface area contributed by atoms with Crippen LogP contribution < -0.4 is 4.74 Å². The fourth-order valence-corrected chi connectivity index (χ4v) is 2.88. The number of ether oxygens (including phenoxy) is 1. The summed E-state index contributed by atoms with van der Waals surface area (Å²) in [5, 5.41) is 5.09. The van der Waals surface area contributed by atoms with Gasteiger partial charge < -0.3 is 9.64 Å². The van der Waals surface area contributed by atoms with Gasteiger partial charge in [-0.05, 0) is 56.5 Å². The van der Waals surface area contributed by atoms with Gasteiger partial charge in [0.05, 0.1) is 12.3 Å². The maximum Gasteiger partial charge on any atom is 0.222 e. The van der Waals surface area contributed by atoms with Crippen molar-refractivity contribution in [1.29, 1.82) is 0 Å². The molecule has 1 aromatic carbocycles. The Morgan fingerprint density at radius 1 is 1.28 bits per heavy atom. The molecule has 25 heavy (non-hydrogen) atoms. The molecule has 0 bridgehead atoms. The number of hydrogen-bond donors (Lipinski definition) is 0. The first-order chi connectivity index (χ1) is 11.9. The van der Waals surface area contributed by atoms with E-state index in [1.165, 1.54) is 5.56 Å². The Labute approximate surface area is 154 Å². The average molecular weight is 364 g/mol. The van der Waals surface area contributed by atoms with Crippen LogP contribution >= 0.6 is 11.6 Å². The summed E-state index contributed by atoms with van der Waals surface area (Å²) in [6, 6.07) is 7.29. The average Bonchev–Trinajstić information content (AvgIpc) is 2.83. The molecule has 1 amide bonds. The number of halogens is 1. The Morgan fingerprint density at radius 2 is 1.96 bits per heavy atom. The molecule has 0 atom stereocenters.